The number of carbonyl (C=O) groups is 14. The molecule has 2 aliphatic carbocycles. The molecule has 6 aliphatic rings. The van der Waals surface area contributed by atoms with Gasteiger partial charge in [0.1, 0.15) is 24.2 Å². The second-order valence-electron chi connectivity index (χ2n) is 33.1. The number of ketones is 2. The number of fused-ring (bicyclic) bond motifs is 2. The van der Waals surface area contributed by atoms with E-state index >= 15 is 0 Å². The second-order valence-corrected chi connectivity index (χ2v) is 33.1. The second kappa shape index (κ2) is 30.5. The Bertz CT molecular complexity index is 3020. The van der Waals surface area contributed by atoms with Gasteiger partial charge in [-0.05, 0) is 74.4 Å². The Morgan fingerprint density at radius 2 is 0.854 bits per heavy atom. The molecule has 0 aromatic heterocycles. The Morgan fingerprint density at radius 3 is 1.19 bits per heavy atom. The summed E-state index contributed by atoms with van der Waals surface area (Å²) in [5.41, 5.74) is -3.32. The van der Waals surface area contributed by atoms with Crippen LogP contribution in [0.4, 0.5) is 9.59 Å². The van der Waals surface area contributed by atoms with Crippen LogP contribution in [-0.4, -0.2) is 190 Å². The van der Waals surface area contributed by atoms with Gasteiger partial charge in [-0.1, -0.05) is 157 Å². The fourth-order valence-corrected chi connectivity index (χ4v) is 14.1. The van der Waals surface area contributed by atoms with E-state index in [-0.39, 0.29) is 129 Å². The van der Waals surface area contributed by atoms with Crippen molar-refractivity contribution in [3.63, 3.8) is 0 Å². The molecule has 0 spiro atoms. The van der Waals surface area contributed by atoms with Crippen molar-refractivity contribution in [2.75, 3.05) is 45.8 Å². The van der Waals surface area contributed by atoms with Gasteiger partial charge in [-0.2, -0.15) is 0 Å². The first kappa shape index (κ1) is 79.2. The Morgan fingerprint density at radius 1 is 0.500 bits per heavy atom. The maximum absolute atomic E-state index is 14.4. The lowest BCUT2D eigenvalue weighted by molar-refractivity contribution is -0.154. The van der Waals surface area contributed by atoms with E-state index in [2.05, 4.69) is 55.7 Å². The number of likely N-dealkylation sites (tertiary alicyclic amines) is 4. The van der Waals surface area contributed by atoms with Crippen molar-refractivity contribution in [1.29, 1.82) is 0 Å². The molecular weight excluding hydrogens is 1230 g/mol. The smallest absolute Gasteiger partial charge is 0.315 e. The van der Waals surface area contributed by atoms with Crippen LogP contribution in [0.2, 0.25) is 0 Å². The molecule has 4 saturated heterocycles. The van der Waals surface area contributed by atoms with Gasteiger partial charge in [-0.3, -0.25) is 67.3 Å². The topological polar surface area (TPSA) is 348 Å². The molecule has 0 aromatic carbocycles. The van der Waals surface area contributed by atoms with E-state index in [1.54, 1.807) is 20.8 Å². The number of nitrogens with one attached hydrogen (secondary N) is 8. The number of amides is 14. The van der Waals surface area contributed by atoms with Crippen molar-refractivity contribution in [3.05, 3.63) is 25.3 Å². The van der Waals surface area contributed by atoms with E-state index in [0.29, 0.717) is 25.9 Å². The standard InChI is InChI=1S/C37H60N6O7.C33H52N6O7/c1-13-15-22(28(46)31(48)38-16-14-2)39-30(47)27-26-21(37(26,11)12)19-43(27)32(49)29(35(6,7)8)41-33(50)40-23(34(3,4)5)20-42-24(44)17-36(9,10)18-25(42)45;1-10-12-20(25(42)28(44)34-13-11-2)36-27(43)24-23-19(33(23,8)9)18-39(24)29(45)26(31(3,4)5)37-30(46)35-14-15-38-21(40)16-32(6,7)17-22(38)41/h14,21-23,26-27,29H,2,13,15-20H2,1,3-12H3,(H,38,48)(H,39,47)(H2,40,41,50);11,19-20,23-24,26H,2,10,12-18H2,1,3-9H3,(H,34,44)(H,36,43)(H2,35,37,46)/t21-,22?,23+,26-,27-,29+;19-,20?,23-,24-,26+/m00/s1. The third kappa shape index (κ3) is 19.0. The third-order valence-corrected chi connectivity index (χ3v) is 20.0. The van der Waals surface area contributed by atoms with E-state index in [0.717, 1.165) is 4.90 Å². The summed E-state index contributed by atoms with van der Waals surface area (Å²) in [7, 11) is 0. The molecule has 6 rings (SSSR count). The van der Waals surface area contributed by atoms with Crippen LogP contribution in [0.5, 0.6) is 0 Å². The molecule has 0 radical (unpaired) electrons. The summed E-state index contributed by atoms with van der Waals surface area (Å²) >= 11 is 0. The molecule has 4 aliphatic heterocycles. The van der Waals surface area contributed by atoms with Gasteiger partial charge in [-0.15, -0.1) is 13.2 Å². The molecule has 2 saturated carbocycles. The molecule has 536 valence electrons. The number of imide groups is 2. The van der Waals surface area contributed by atoms with Gasteiger partial charge in [0.15, 0.2) is 0 Å². The van der Waals surface area contributed by atoms with Crippen LogP contribution in [0.25, 0.3) is 0 Å². The average molecular weight is 1350 g/mol. The SMILES string of the molecule is C=CCNC(=O)C(=O)C(CCC)NC(=O)[C@@H]1[C@@H]2[C@H](CN1C(=O)[C@@H](NC(=O)NCCN1C(=O)CC(C)(C)CC1=O)C(C)(C)C)C2(C)C.C=CCNC(=O)C(=O)C(CCC)NC(=O)[C@@H]1[C@@H]2[C@H](CN1C(=O)[C@@H](NC(=O)N[C@H](CN1C(=O)CC(C)(C)CC1=O)C(C)(C)C)C(C)(C)C)C2(C)C. The first-order chi connectivity index (χ1) is 44.1. The maximum Gasteiger partial charge on any atom is 0.315 e. The third-order valence-electron chi connectivity index (χ3n) is 20.0. The van der Waals surface area contributed by atoms with E-state index in [9.17, 15) is 67.1 Å². The quantitative estimate of drug-likeness (QED) is 0.0337. The van der Waals surface area contributed by atoms with Gasteiger partial charge < -0.3 is 52.3 Å². The number of carbonyl (C=O) groups excluding carboxylic acids is 14. The zero-order valence-corrected chi connectivity index (χ0v) is 60.5. The van der Waals surface area contributed by atoms with Gasteiger partial charge in [-0.25, -0.2) is 9.59 Å². The summed E-state index contributed by atoms with van der Waals surface area (Å²) in [4.78, 5) is 190. The summed E-state index contributed by atoms with van der Waals surface area (Å²) in [6.07, 6.45) is 5.41. The molecule has 14 amide bonds. The van der Waals surface area contributed by atoms with Crippen molar-refractivity contribution < 1.29 is 67.1 Å². The zero-order valence-electron chi connectivity index (χ0n) is 60.5. The lowest BCUT2D eigenvalue weighted by Crippen LogP contribution is -2.63. The van der Waals surface area contributed by atoms with Crippen molar-refractivity contribution in [3.8, 4) is 0 Å². The van der Waals surface area contributed by atoms with Gasteiger partial charge in [0.05, 0.1) is 18.1 Å². The minimum absolute atomic E-state index is 0.00509. The first-order valence-corrected chi connectivity index (χ1v) is 34.0. The lowest BCUT2D eigenvalue weighted by atomic mass is 9.80. The van der Waals surface area contributed by atoms with Crippen molar-refractivity contribution >= 4 is 82.7 Å². The fraction of sp³-hybridized carbons (Fsp3) is 0.743. The predicted octanol–water partition coefficient (Wildman–Crippen LogP) is 4.44. The number of urea groups is 2. The highest BCUT2D eigenvalue weighted by Gasteiger charge is 2.71. The molecule has 11 atom stereocenters. The molecule has 96 heavy (non-hydrogen) atoms. The maximum atomic E-state index is 14.4. The van der Waals surface area contributed by atoms with Gasteiger partial charge in [0.25, 0.3) is 11.8 Å². The molecule has 0 aromatic rings. The number of nitrogens with zero attached hydrogens (tertiary/aromatic N) is 4. The van der Waals surface area contributed by atoms with Crippen LogP contribution in [0.3, 0.4) is 0 Å². The lowest BCUT2D eigenvalue weighted by Gasteiger charge is -2.40. The monoisotopic (exact) mass is 1340 g/mol. The Hall–Kier alpha value is -7.54. The van der Waals surface area contributed by atoms with Crippen molar-refractivity contribution in [1.82, 2.24) is 62.1 Å². The van der Waals surface area contributed by atoms with Crippen molar-refractivity contribution in [2.45, 2.75) is 225 Å². The summed E-state index contributed by atoms with van der Waals surface area (Å²) < 4.78 is 0. The van der Waals surface area contributed by atoms with E-state index in [4.69, 9.17) is 0 Å². The molecule has 6 fully saturated rings. The van der Waals surface area contributed by atoms with E-state index in [1.807, 2.05) is 111 Å². The molecule has 8 N–H and O–H groups in total. The average Bonchev–Trinajstić information content (AvgIpc) is 1.53. The van der Waals surface area contributed by atoms with Crippen LogP contribution >= 0.6 is 0 Å². The number of hydrogen-bond acceptors (Lipinski definition) is 14. The van der Waals surface area contributed by atoms with Crippen LogP contribution in [-0.2, 0) is 57.5 Å². The summed E-state index contributed by atoms with van der Waals surface area (Å²) in [5, 5.41) is 21.7. The highest BCUT2D eigenvalue weighted by Crippen LogP contribution is 2.66. The van der Waals surface area contributed by atoms with Crippen LogP contribution in [0, 0.1) is 61.6 Å². The van der Waals surface area contributed by atoms with Gasteiger partial charge >= 0.3 is 12.1 Å². The van der Waals surface area contributed by atoms with Gasteiger partial charge in [0, 0.05) is 71.5 Å². The molecule has 2 unspecified atom stereocenters. The Kier molecular flexibility index (Phi) is 25.1. The van der Waals surface area contributed by atoms with Crippen molar-refractivity contribution in [2.24, 2.45) is 61.6 Å². The normalized spacial score (nSPS) is 24.3. The fourth-order valence-electron chi connectivity index (χ4n) is 14.1. The van der Waals surface area contributed by atoms with E-state index in [1.165, 1.54) is 26.9 Å². The summed E-state index contributed by atoms with van der Waals surface area (Å²) in [6, 6.07) is -7.85. The molecule has 26 heteroatoms. The van der Waals surface area contributed by atoms with Crippen LogP contribution in [0.15, 0.2) is 25.3 Å². The highest BCUT2D eigenvalue weighted by atomic mass is 16.2. The first-order valence-electron chi connectivity index (χ1n) is 34.0. The van der Waals surface area contributed by atoms with Crippen LogP contribution < -0.4 is 42.5 Å². The molecular formula is C70H112N12O14. The minimum Gasteiger partial charge on any atom is -0.346 e. The molecule has 26 nitrogen and oxygen atoms in total. The minimum atomic E-state index is -1.06. The van der Waals surface area contributed by atoms with Gasteiger partial charge in [0.2, 0.25) is 58.8 Å². The number of Topliss-reactive ketones (excluding diaryl/α,β-unsaturated/α-hetero) is 2. The Balaban J connectivity index is 0.000000348. The molecule has 4 heterocycles. The summed E-state index contributed by atoms with van der Waals surface area (Å²) in [5.74, 6) is -6.41. The highest BCUT2D eigenvalue weighted by molar-refractivity contribution is 6.39. The van der Waals surface area contributed by atoms with E-state index < -0.39 is 128 Å². The predicted molar refractivity (Wildman–Crippen MR) is 360 cm³/mol. The largest absolute Gasteiger partial charge is 0.346 e. The number of hydrogen-bond donors (Lipinski definition) is 8. The molecule has 0 bridgehead atoms. The zero-order chi connectivity index (χ0) is 72.9. The summed E-state index contributed by atoms with van der Waals surface area (Å²) in [6.45, 7) is 43.8. The number of rotatable bonds is 26. The number of piperidine rings is 4. The van der Waals surface area contributed by atoms with Crippen LogP contribution in [0.1, 0.15) is 183 Å². The Labute approximate surface area is 567 Å².